The second-order valence-corrected chi connectivity index (χ2v) is 27.3. The number of rotatable bonds is 68. The molecule has 0 N–H and O–H groups in total. The van der Waals surface area contributed by atoms with E-state index in [0.29, 0.717) is 23.9 Å². The number of phosphoric ester groups is 1. The minimum absolute atomic E-state index is 0.0422. The van der Waals surface area contributed by atoms with Crippen LogP contribution in [0.5, 0.6) is 0 Å². The fourth-order valence-corrected chi connectivity index (χ4v) is 10.6. The lowest BCUT2D eigenvalue weighted by Gasteiger charge is -2.28. The fourth-order valence-electron chi connectivity index (χ4n) is 9.87. The van der Waals surface area contributed by atoms with Gasteiger partial charge >= 0.3 is 11.9 Å². The van der Waals surface area contributed by atoms with Crippen LogP contribution in [-0.4, -0.2) is 70.0 Å². The molecule has 0 heterocycles. The Hall–Kier alpha value is -5.15. The lowest BCUT2D eigenvalue weighted by atomic mass is 10.0. The number of hydrogen-bond acceptors (Lipinski definition) is 8. The molecule has 0 aromatic rings. The highest BCUT2D eigenvalue weighted by Gasteiger charge is 2.22. The number of unbranched alkanes of at least 4 members (excludes halogenated alkanes) is 22. The Kier molecular flexibility index (Phi) is 70.1. The van der Waals surface area contributed by atoms with Gasteiger partial charge in [-0.2, -0.15) is 0 Å². The molecule has 0 saturated heterocycles. The van der Waals surface area contributed by atoms with Gasteiger partial charge in [-0.15, -0.1) is 0 Å². The van der Waals surface area contributed by atoms with Crippen LogP contribution in [0.3, 0.4) is 0 Å². The van der Waals surface area contributed by atoms with Gasteiger partial charge in [-0.3, -0.25) is 14.2 Å². The quantitative estimate of drug-likeness (QED) is 0.0195. The average molecular weight is 1350 g/mol. The van der Waals surface area contributed by atoms with Crippen LogP contribution in [0.4, 0.5) is 0 Å². The van der Waals surface area contributed by atoms with E-state index in [0.717, 1.165) is 161 Å². The molecule has 0 fully saturated rings. The molecule has 0 aromatic heterocycles. The third kappa shape index (κ3) is 77.9. The molecule has 0 aliphatic rings. The summed E-state index contributed by atoms with van der Waals surface area (Å²) in [5.41, 5.74) is 0. The summed E-state index contributed by atoms with van der Waals surface area (Å²) in [6.07, 6.45) is 115. The van der Waals surface area contributed by atoms with Crippen molar-refractivity contribution in [2.75, 3.05) is 47.5 Å². The molecule has 0 saturated carbocycles. The first kappa shape index (κ1) is 90.8. The highest BCUT2D eigenvalue weighted by molar-refractivity contribution is 7.45. The van der Waals surface area contributed by atoms with E-state index in [-0.39, 0.29) is 26.1 Å². The second kappa shape index (κ2) is 74.1. The summed E-state index contributed by atoms with van der Waals surface area (Å²) in [5, 5.41) is 0. The zero-order valence-corrected chi connectivity index (χ0v) is 62.6. The predicted octanol–water partition coefficient (Wildman–Crippen LogP) is 25.0. The van der Waals surface area contributed by atoms with Crippen molar-refractivity contribution in [1.29, 1.82) is 0 Å². The maximum atomic E-state index is 12.9. The zero-order valence-electron chi connectivity index (χ0n) is 61.7. The SMILES string of the molecule is CC/C=C\C/C=C\C/C=C\C/C=C\C/C=C\C/C=C\C/C=C\C/C=C\CCCCCCCCCCCCCCCCCCC(=O)OC(COC(=O)CCCCCCCC/C=C\C/C=C\C/C=C\C/C=C\C/C=C\C/C=C\C/C=C\C/C=C\CC)COP(=O)([O-])OCC[N+](C)(C)C. The monoisotopic (exact) mass is 1350 g/mol. The van der Waals surface area contributed by atoms with Crippen LogP contribution >= 0.6 is 7.82 Å². The Balaban J connectivity index is 4.08. The third-order valence-electron chi connectivity index (χ3n) is 15.6. The van der Waals surface area contributed by atoms with Crippen molar-refractivity contribution < 1.29 is 42.1 Å². The summed E-state index contributed by atoms with van der Waals surface area (Å²) >= 11 is 0. The molecule has 0 aliphatic carbocycles. The van der Waals surface area contributed by atoms with Crippen molar-refractivity contribution in [3.8, 4) is 0 Å². The Bertz CT molecular complexity index is 2330. The van der Waals surface area contributed by atoms with Crippen LogP contribution in [-0.2, 0) is 32.7 Å². The van der Waals surface area contributed by atoms with Crippen LogP contribution < -0.4 is 4.89 Å². The number of esters is 2. The van der Waals surface area contributed by atoms with E-state index in [1.165, 1.54) is 83.5 Å². The van der Waals surface area contributed by atoms with Crippen LogP contribution in [0.2, 0.25) is 0 Å². The van der Waals surface area contributed by atoms with Gasteiger partial charge in [0, 0.05) is 12.8 Å². The summed E-state index contributed by atoms with van der Waals surface area (Å²) in [5.74, 6) is -0.857. The number of nitrogens with zero attached hydrogens (tertiary/aromatic N) is 1. The van der Waals surface area contributed by atoms with Gasteiger partial charge in [0.25, 0.3) is 7.82 Å². The van der Waals surface area contributed by atoms with E-state index in [9.17, 15) is 19.0 Å². The van der Waals surface area contributed by atoms with Gasteiger partial charge in [-0.05, 0) is 141 Å². The minimum Gasteiger partial charge on any atom is -0.756 e. The van der Waals surface area contributed by atoms with E-state index in [2.05, 4.69) is 208 Å². The van der Waals surface area contributed by atoms with E-state index in [1.54, 1.807) is 0 Å². The standard InChI is InChI=1S/C86H140NO8P/c1-6-8-10-12-14-16-18-20-22-24-26-28-30-32-34-36-38-39-40-41-42-43-44-45-46-47-49-51-53-55-57-59-61-63-65-67-69-71-73-75-77-79-86(89)95-84(83-94-96(90,91)93-81-80-87(3,4)5)82-92-85(88)78-76-74-72-70-68-66-64-62-60-58-56-54-52-50-48-37-35-33-31-29-27-25-23-21-19-17-15-13-11-9-7-2/h8-11,14-17,20-23,26-29,32-35,38-39,41-42,44-45,48,50,54,56,60,62,84H,6-7,12-13,18-19,24-25,30-31,36-37,40,43,46-47,49,51-53,55,57-59,61,63-83H2,1-5H3/b10-8-,11-9-,16-14-,17-15-,22-20-,23-21-,28-26-,29-27-,34-32-,35-33-,39-38-,42-41-,45-44-,50-48-,56-54-,62-60-. The molecule has 0 spiro atoms. The number of allylic oxidation sites excluding steroid dienone is 32. The number of hydrogen-bond donors (Lipinski definition) is 0. The van der Waals surface area contributed by atoms with E-state index in [4.69, 9.17) is 18.5 Å². The van der Waals surface area contributed by atoms with Gasteiger partial charge < -0.3 is 27.9 Å². The molecular weight excluding hydrogens is 1210 g/mol. The molecule has 0 amide bonds. The average Bonchev–Trinajstić information content (AvgIpc) is 2.54. The second-order valence-electron chi connectivity index (χ2n) is 25.9. The maximum absolute atomic E-state index is 12.9. The van der Waals surface area contributed by atoms with Crippen molar-refractivity contribution in [3.05, 3.63) is 194 Å². The molecule has 0 bridgehead atoms. The Morgan fingerprint density at radius 2 is 0.562 bits per heavy atom. The number of carbonyl (C=O) groups is 2. The van der Waals surface area contributed by atoms with E-state index in [1.807, 2.05) is 21.1 Å². The molecule has 0 aromatic carbocycles. The van der Waals surface area contributed by atoms with Gasteiger partial charge in [0.2, 0.25) is 0 Å². The Morgan fingerprint density at radius 1 is 0.323 bits per heavy atom. The Morgan fingerprint density at radius 3 is 0.833 bits per heavy atom. The number of likely N-dealkylation sites (N-methyl/N-ethyl adjacent to an activating group) is 1. The maximum Gasteiger partial charge on any atom is 0.306 e. The number of carbonyl (C=O) groups excluding carboxylic acids is 2. The van der Waals surface area contributed by atoms with Crippen LogP contribution in [0.25, 0.3) is 0 Å². The van der Waals surface area contributed by atoms with Crippen molar-refractivity contribution in [3.63, 3.8) is 0 Å². The first-order valence-electron chi connectivity index (χ1n) is 38.1. The minimum atomic E-state index is -4.66. The largest absolute Gasteiger partial charge is 0.756 e. The molecule has 542 valence electrons. The molecule has 0 radical (unpaired) electrons. The van der Waals surface area contributed by atoms with Gasteiger partial charge in [0.15, 0.2) is 6.10 Å². The molecule has 0 rings (SSSR count). The van der Waals surface area contributed by atoms with Crippen LogP contribution in [0.1, 0.15) is 284 Å². The van der Waals surface area contributed by atoms with Gasteiger partial charge in [0.05, 0.1) is 27.7 Å². The zero-order chi connectivity index (χ0) is 69.7. The molecule has 2 unspecified atom stereocenters. The van der Waals surface area contributed by atoms with E-state index < -0.39 is 32.5 Å². The van der Waals surface area contributed by atoms with Crippen molar-refractivity contribution in [1.82, 2.24) is 0 Å². The van der Waals surface area contributed by atoms with Gasteiger partial charge in [0.1, 0.15) is 19.8 Å². The molecule has 96 heavy (non-hydrogen) atoms. The van der Waals surface area contributed by atoms with Crippen molar-refractivity contribution in [2.24, 2.45) is 0 Å². The Labute approximate surface area is 590 Å². The summed E-state index contributed by atoms with van der Waals surface area (Å²) in [7, 11) is 1.14. The van der Waals surface area contributed by atoms with Crippen LogP contribution in [0.15, 0.2) is 194 Å². The smallest absolute Gasteiger partial charge is 0.306 e. The number of phosphoric acid groups is 1. The van der Waals surface area contributed by atoms with Crippen LogP contribution in [0, 0.1) is 0 Å². The van der Waals surface area contributed by atoms with Gasteiger partial charge in [-0.1, -0.05) is 324 Å². The highest BCUT2D eigenvalue weighted by atomic mass is 31.2. The molecule has 10 heteroatoms. The number of ether oxygens (including phenoxy) is 2. The topological polar surface area (TPSA) is 111 Å². The number of quaternary nitrogens is 1. The normalized spacial score (nSPS) is 14.2. The van der Waals surface area contributed by atoms with Crippen molar-refractivity contribution >= 4 is 19.8 Å². The lowest BCUT2D eigenvalue weighted by Crippen LogP contribution is -2.37. The summed E-state index contributed by atoms with van der Waals surface area (Å²) in [6, 6.07) is 0. The van der Waals surface area contributed by atoms with E-state index >= 15 is 0 Å². The highest BCUT2D eigenvalue weighted by Crippen LogP contribution is 2.38. The first-order valence-corrected chi connectivity index (χ1v) is 39.6. The summed E-state index contributed by atoms with van der Waals surface area (Å²) in [6.45, 7) is 3.99. The predicted molar refractivity (Wildman–Crippen MR) is 415 cm³/mol. The van der Waals surface area contributed by atoms with Crippen molar-refractivity contribution in [2.45, 2.75) is 290 Å². The third-order valence-corrected chi connectivity index (χ3v) is 16.6. The first-order chi connectivity index (χ1) is 47.0. The molecule has 9 nitrogen and oxygen atoms in total. The molecular formula is C86H140NO8P. The molecule has 2 atom stereocenters. The fraction of sp³-hybridized carbons (Fsp3) is 0.605. The summed E-state index contributed by atoms with van der Waals surface area (Å²) < 4.78 is 34.3. The lowest BCUT2D eigenvalue weighted by molar-refractivity contribution is -0.870. The van der Waals surface area contributed by atoms with Gasteiger partial charge in [-0.25, -0.2) is 0 Å². The summed E-state index contributed by atoms with van der Waals surface area (Å²) in [4.78, 5) is 38.1. The molecule has 0 aliphatic heterocycles.